The smallest absolute Gasteiger partial charge is 0.406 e. The fourth-order valence-electron chi connectivity index (χ4n) is 5.41. The molecule has 3 N–H and O–H groups in total. The number of amides is 2. The second-order valence-corrected chi connectivity index (χ2v) is 10.4. The van der Waals surface area contributed by atoms with E-state index < -0.39 is 11.7 Å². The van der Waals surface area contributed by atoms with Gasteiger partial charge in [-0.25, -0.2) is 9.18 Å². The van der Waals surface area contributed by atoms with Crippen LogP contribution < -0.4 is 10.6 Å². The number of ether oxygens (including phenoxy) is 1. The Morgan fingerprint density at radius 2 is 2.03 bits per heavy atom. The van der Waals surface area contributed by atoms with Crippen molar-refractivity contribution < 1.29 is 23.8 Å². The lowest BCUT2D eigenvalue weighted by Gasteiger charge is -2.44. The Kier molecular flexibility index (Phi) is 10.9. The summed E-state index contributed by atoms with van der Waals surface area (Å²) in [4.78, 5) is 26.4. The van der Waals surface area contributed by atoms with E-state index in [1.807, 2.05) is 31.0 Å². The molecule has 0 unspecified atom stereocenters. The Bertz CT molecular complexity index is 1090. The van der Waals surface area contributed by atoms with E-state index in [2.05, 4.69) is 15.4 Å². The van der Waals surface area contributed by atoms with Crippen LogP contribution in [0, 0.1) is 18.7 Å². The maximum Gasteiger partial charge on any atom is 0.406 e. The van der Waals surface area contributed by atoms with Crippen molar-refractivity contribution in [2.24, 2.45) is 5.92 Å². The van der Waals surface area contributed by atoms with E-state index in [0.29, 0.717) is 60.6 Å². The van der Waals surface area contributed by atoms with Crippen molar-refractivity contribution in [1.82, 2.24) is 15.5 Å². The number of carbonyl (C=O) groups excluding carboxylic acids is 2. The van der Waals surface area contributed by atoms with Crippen molar-refractivity contribution in [3.8, 4) is 11.1 Å². The average molecular weight is 548 g/mol. The lowest BCUT2D eigenvalue weighted by molar-refractivity contribution is -0.136. The van der Waals surface area contributed by atoms with Gasteiger partial charge in [-0.1, -0.05) is 29.8 Å². The Hall–Kier alpha value is -2.68. The number of methoxy groups -OCH3 is 1. The van der Waals surface area contributed by atoms with Gasteiger partial charge in [0, 0.05) is 42.6 Å². The van der Waals surface area contributed by atoms with Gasteiger partial charge >= 0.3 is 6.09 Å². The Balaban J connectivity index is 1.99. The summed E-state index contributed by atoms with van der Waals surface area (Å²) in [5.41, 5.74) is 1.14. The molecule has 1 aliphatic rings. The third-order valence-corrected chi connectivity index (χ3v) is 7.58. The van der Waals surface area contributed by atoms with Crippen LogP contribution in [-0.2, 0) is 15.1 Å². The summed E-state index contributed by atoms with van der Waals surface area (Å²) >= 11 is 6.71. The molecule has 208 valence electrons. The van der Waals surface area contributed by atoms with Crippen LogP contribution in [0.2, 0.25) is 5.02 Å². The first-order valence-corrected chi connectivity index (χ1v) is 13.6. The summed E-state index contributed by atoms with van der Waals surface area (Å²) < 4.78 is 19.1. The largest absolute Gasteiger partial charge is 0.453 e. The number of alkyl carbamates (subject to hydrolysis) is 1. The molecule has 0 spiro atoms. The van der Waals surface area contributed by atoms with Crippen LogP contribution in [0.3, 0.4) is 0 Å². The molecular weight excluding hydrogens is 509 g/mol. The van der Waals surface area contributed by atoms with Crippen LogP contribution in [0.25, 0.3) is 11.1 Å². The summed E-state index contributed by atoms with van der Waals surface area (Å²) in [5.74, 6) is -0.575. The summed E-state index contributed by atoms with van der Waals surface area (Å²) in [7, 11) is 3.16. The van der Waals surface area contributed by atoms with Crippen molar-refractivity contribution in [1.29, 1.82) is 0 Å². The highest BCUT2D eigenvalue weighted by atomic mass is 35.5. The number of hydrogen-bond acceptors (Lipinski definition) is 5. The molecule has 38 heavy (non-hydrogen) atoms. The van der Waals surface area contributed by atoms with E-state index in [9.17, 15) is 19.1 Å². The highest BCUT2D eigenvalue weighted by Crippen LogP contribution is 2.45. The first-order chi connectivity index (χ1) is 18.2. The SMILES string of the molecule is CNCCCC(=O)N1CCC[C@@H]([C@@](O)(CCCNC(=O)OC)c2cccc(Cl)c2-c2cc(C)cc(F)c2)C1. The van der Waals surface area contributed by atoms with Gasteiger partial charge in [-0.15, -0.1) is 0 Å². The second-order valence-electron chi connectivity index (χ2n) is 10.0. The minimum Gasteiger partial charge on any atom is -0.453 e. The molecule has 0 aromatic heterocycles. The molecule has 2 aromatic rings. The number of aliphatic hydroxyl groups is 1. The number of aryl methyl sites for hydroxylation is 1. The molecule has 1 fully saturated rings. The van der Waals surface area contributed by atoms with Gasteiger partial charge in [-0.05, 0) is 87.5 Å². The fraction of sp³-hybridized carbons (Fsp3) is 0.517. The first-order valence-electron chi connectivity index (χ1n) is 13.2. The molecule has 9 heteroatoms. The number of rotatable bonds is 11. The molecule has 1 aliphatic heterocycles. The summed E-state index contributed by atoms with van der Waals surface area (Å²) in [6.45, 7) is 3.95. The average Bonchev–Trinajstić information content (AvgIpc) is 2.90. The van der Waals surface area contributed by atoms with E-state index in [1.54, 1.807) is 12.1 Å². The van der Waals surface area contributed by atoms with Gasteiger partial charge in [0.25, 0.3) is 0 Å². The maximum absolute atomic E-state index is 14.4. The van der Waals surface area contributed by atoms with Crippen LogP contribution in [0.1, 0.15) is 49.7 Å². The van der Waals surface area contributed by atoms with Crippen molar-refractivity contribution in [2.75, 3.05) is 40.3 Å². The fourth-order valence-corrected chi connectivity index (χ4v) is 5.69. The van der Waals surface area contributed by atoms with Gasteiger partial charge < -0.3 is 25.4 Å². The van der Waals surface area contributed by atoms with Gasteiger partial charge in [0.05, 0.1) is 12.7 Å². The number of nitrogens with one attached hydrogen (secondary N) is 2. The predicted octanol–water partition coefficient (Wildman–Crippen LogP) is 5.02. The zero-order valence-electron chi connectivity index (χ0n) is 22.5. The first kappa shape index (κ1) is 29.9. The van der Waals surface area contributed by atoms with E-state index in [-0.39, 0.29) is 17.6 Å². The van der Waals surface area contributed by atoms with Gasteiger partial charge in [-0.2, -0.15) is 0 Å². The van der Waals surface area contributed by atoms with Crippen molar-refractivity contribution in [2.45, 2.75) is 51.0 Å². The Morgan fingerprint density at radius 1 is 1.24 bits per heavy atom. The topological polar surface area (TPSA) is 90.9 Å². The van der Waals surface area contributed by atoms with E-state index in [4.69, 9.17) is 11.6 Å². The zero-order chi connectivity index (χ0) is 27.7. The van der Waals surface area contributed by atoms with Crippen LogP contribution in [0.4, 0.5) is 9.18 Å². The molecule has 1 heterocycles. The molecule has 3 rings (SSSR count). The molecule has 1 saturated heterocycles. The van der Waals surface area contributed by atoms with Crippen molar-refractivity contribution in [3.05, 3.63) is 58.4 Å². The number of likely N-dealkylation sites (tertiary alicyclic amines) is 1. The molecule has 0 bridgehead atoms. The molecule has 2 amide bonds. The minimum absolute atomic E-state index is 0.0757. The molecular formula is C29H39ClFN3O4. The van der Waals surface area contributed by atoms with E-state index in [1.165, 1.54) is 19.2 Å². The molecule has 0 radical (unpaired) electrons. The summed E-state index contributed by atoms with van der Waals surface area (Å²) in [6.07, 6.45) is 2.91. The van der Waals surface area contributed by atoms with E-state index in [0.717, 1.165) is 31.4 Å². The zero-order valence-corrected chi connectivity index (χ0v) is 23.2. The monoisotopic (exact) mass is 547 g/mol. The Labute approximate surface area is 229 Å². The van der Waals surface area contributed by atoms with Gasteiger partial charge in [0.1, 0.15) is 5.82 Å². The standard InChI is InChI=1S/C29H39ClFN3O4/c1-20-16-21(18-23(31)17-20)27-24(9-4-10-25(27)30)29(37,12-7-14-33-28(36)38-3)22-8-6-15-34(19-22)26(35)11-5-13-32-2/h4,9-10,16-18,22,32,37H,5-8,11-15,19H2,1-3H3,(H,33,36)/t22-,29+/m1/s1. The number of benzene rings is 2. The molecule has 0 saturated carbocycles. The van der Waals surface area contributed by atoms with Crippen LogP contribution in [0.5, 0.6) is 0 Å². The van der Waals surface area contributed by atoms with Crippen LogP contribution in [0.15, 0.2) is 36.4 Å². The number of piperidine rings is 1. The van der Waals surface area contributed by atoms with Crippen molar-refractivity contribution >= 4 is 23.6 Å². The van der Waals surface area contributed by atoms with Gasteiger partial charge in [-0.3, -0.25) is 4.79 Å². The summed E-state index contributed by atoms with van der Waals surface area (Å²) in [5, 5.41) is 18.7. The van der Waals surface area contributed by atoms with Gasteiger partial charge in [0.15, 0.2) is 0 Å². The third kappa shape index (κ3) is 7.46. The maximum atomic E-state index is 14.4. The number of halogens is 2. The number of nitrogens with zero attached hydrogens (tertiary/aromatic N) is 1. The second kappa shape index (κ2) is 13.9. The third-order valence-electron chi connectivity index (χ3n) is 7.27. The minimum atomic E-state index is -1.37. The van der Waals surface area contributed by atoms with Crippen LogP contribution >= 0.6 is 11.6 Å². The normalized spacial score (nSPS) is 17.1. The highest BCUT2D eigenvalue weighted by Gasteiger charge is 2.42. The quantitative estimate of drug-likeness (QED) is 0.344. The van der Waals surface area contributed by atoms with Gasteiger partial charge in [0.2, 0.25) is 5.91 Å². The Morgan fingerprint density at radius 3 is 2.74 bits per heavy atom. The van der Waals surface area contributed by atoms with Crippen LogP contribution in [-0.4, -0.2) is 62.3 Å². The lowest BCUT2D eigenvalue weighted by atomic mass is 9.72. The predicted molar refractivity (Wildman–Crippen MR) is 148 cm³/mol. The molecule has 0 aliphatic carbocycles. The van der Waals surface area contributed by atoms with E-state index >= 15 is 0 Å². The van der Waals surface area contributed by atoms with Crippen molar-refractivity contribution in [3.63, 3.8) is 0 Å². The molecule has 2 aromatic carbocycles. The summed E-state index contributed by atoms with van der Waals surface area (Å²) in [6, 6.07) is 10.1. The molecule has 7 nitrogen and oxygen atoms in total. The highest BCUT2D eigenvalue weighted by molar-refractivity contribution is 6.33. The lowest BCUT2D eigenvalue weighted by Crippen LogP contribution is -2.48. The molecule has 2 atom stereocenters. The number of carbonyl (C=O) groups is 2. The number of hydrogen-bond donors (Lipinski definition) is 3.